The molecule has 1 heterocycles. The van der Waals surface area contributed by atoms with E-state index in [2.05, 4.69) is 56.4 Å². The van der Waals surface area contributed by atoms with E-state index >= 15 is 0 Å². The molecule has 0 aliphatic carbocycles. The van der Waals surface area contributed by atoms with E-state index in [9.17, 15) is 0 Å². The monoisotopic (exact) mass is 450 g/mol. The van der Waals surface area contributed by atoms with Crippen LogP contribution in [0.1, 0.15) is 75.3 Å². The fourth-order valence-electron chi connectivity index (χ4n) is 3.37. The number of aryl methyl sites for hydroxylation is 1. The van der Waals surface area contributed by atoms with E-state index in [0.717, 1.165) is 0 Å². The van der Waals surface area contributed by atoms with Gasteiger partial charge < -0.3 is 0 Å². The van der Waals surface area contributed by atoms with Gasteiger partial charge >= 0.3 is 167 Å². The number of rotatable bonds is 10. The van der Waals surface area contributed by atoms with E-state index < -0.39 is 0 Å². The summed E-state index contributed by atoms with van der Waals surface area (Å²) in [5.74, 6) is 0. The first-order chi connectivity index (χ1) is 11.7. The van der Waals surface area contributed by atoms with Crippen LogP contribution in [0.4, 0.5) is 0 Å². The third kappa shape index (κ3) is 5.36. The summed E-state index contributed by atoms with van der Waals surface area (Å²) >= 11 is 2.70. The van der Waals surface area contributed by atoms with Crippen molar-refractivity contribution in [2.24, 2.45) is 0 Å². The summed E-state index contributed by atoms with van der Waals surface area (Å²) in [5.41, 5.74) is 4.91. The van der Waals surface area contributed by atoms with E-state index in [0.29, 0.717) is 22.5 Å². The molecule has 0 amide bonds. The van der Waals surface area contributed by atoms with Gasteiger partial charge in [-0.25, -0.2) is 0 Å². The SMILES string of the molecule is CCCCc1sc(-c2ccc[c]([SnH3])c2)c(CCCC)c1CCCC. The topological polar surface area (TPSA) is 0 Å². The summed E-state index contributed by atoms with van der Waals surface area (Å²) in [4.78, 5) is 3.28. The molecule has 132 valence electrons. The molecule has 0 bridgehead atoms. The first-order valence-electron chi connectivity index (χ1n) is 9.91. The standard InChI is InChI=1S/C22H31S.Sn.3H/c1-4-7-15-19-20(16-8-5-2)22(18-13-11-10-12-14-18)23-21(19)17-9-6-3;;;;/h10-11,13-14H,4-9,15-17H2,1-3H3;;;;. The van der Waals surface area contributed by atoms with Gasteiger partial charge in [0.1, 0.15) is 0 Å². The normalized spacial score (nSPS) is 11.3. The van der Waals surface area contributed by atoms with Crippen molar-refractivity contribution in [2.75, 3.05) is 0 Å². The molecule has 1 aromatic carbocycles. The van der Waals surface area contributed by atoms with Gasteiger partial charge in [-0.15, -0.1) is 0 Å². The van der Waals surface area contributed by atoms with Crippen LogP contribution in [-0.4, -0.2) is 22.5 Å². The van der Waals surface area contributed by atoms with Crippen LogP contribution in [0, 0.1) is 0 Å². The van der Waals surface area contributed by atoms with Crippen molar-refractivity contribution in [1.29, 1.82) is 0 Å². The van der Waals surface area contributed by atoms with Crippen molar-refractivity contribution in [3.63, 3.8) is 0 Å². The first kappa shape index (κ1) is 20.0. The molecule has 0 aliphatic heterocycles. The summed E-state index contributed by atoms with van der Waals surface area (Å²) < 4.78 is 1.58. The molecule has 0 spiro atoms. The summed E-state index contributed by atoms with van der Waals surface area (Å²) in [6.45, 7) is 6.95. The minimum absolute atomic E-state index is 0.591. The van der Waals surface area contributed by atoms with Crippen molar-refractivity contribution < 1.29 is 0 Å². The summed E-state index contributed by atoms with van der Waals surface area (Å²) in [6.07, 6.45) is 11.7. The molecule has 0 nitrogen and oxygen atoms in total. The quantitative estimate of drug-likeness (QED) is 0.425. The van der Waals surface area contributed by atoms with E-state index in [1.54, 1.807) is 24.5 Å². The second-order valence-electron chi connectivity index (χ2n) is 6.99. The van der Waals surface area contributed by atoms with Crippen LogP contribution in [0.3, 0.4) is 0 Å². The molecule has 0 atom stereocenters. The summed E-state index contributed by atoms with van der Waals surface area (Å²) in [5, 5.41) is 0. The zero-order valence-corrected chi connectivity index (χ0v) is 22.6. The minimum atomic E-state index is 0.591. The fraction of sp³-hybridized carbons (Fsp3) is 0.545. The molecule has 2 rings (SSSR count). The molecule has 1 aromatic heterocycles. The fourth-order valence-corrected chi connectivity index (χ4v) is 6.24. The van der Waals surface area contributed by atoms with E-state index in [1.165, 1.54) is 63.4 Å². The number of benzene rings is 1. The van der Waals surface area contributed by atoms with Crippen LogP contribution >= 0.6 is 11.3 Å². The molecule has 0 aliphatic rings. The Morgan fingerprint density at radius 3 is 2.08 bits per heavy atom. The van der Waals surface area contributed by atoms with Crippen molar-refractivity contribution in [3.05, 3.63) is 40.3 Å². The van der Waals surface area contributed by atoms with Crippen molar-refractivity contribution in [1.82, 2.24) is 0 Å². The van der Waals surface area contributed by atoms with Gasteiger partial charge in [0, 0.05) is 0 Å². The molecular weight excluding hydrogens is 415 g/mol. The predicted octanol–water partition coefficient (Wildman–Crippen LogP) is 5.43. The van der Waals surface area contributed by atoms with Crippen molar-refractivity contribution in [3.8, 4) is 10.4 Å². The Bertz CT molecular complexity index is 627. The van der Waals surface area contributed by atoms with Crippen LogP contribution in [0.2, 0.25) is 0 Å². The van der Waals surface area contributed by atoms with Gasteiger partial charge in [0.05, 0.1) is 0 Å². The Morgan fingerprint density at radius 1 is 0.833 bits per heavy atom. The first-order valence-corrected chi connectivity index (χ1v) is 13.6. The third-order valence-electron chi connectivity index (χ3n) is 4.80. The second kappa shape index (κ2) is 10.7. The van der Waals surface area contributed by atoms with Gasteiger partial charge in [0.2, 0.25) is 0 Å². The van der Waals surface area contributed by atoms with Crippen molar-refractivity contribution >= 4 is 37.4 Å². The Balaban J connectivity index is 2.47. The van der Waals surface area contributed by atoms with Crippen LogP contribution < -0.4 is 3.58 Å². The molecule has 24 heavy (non-hydrogen) atoms. The van der Waals surface area contributed by atoms with Crippen LogP contribution in [0.5, 0.6) is 0 Å². The zero-order chi connectivity index (χ0) is 17.4. The third-order valence-corrected chi connectivity index (χ3v) is 7.96. The van der Waals surface area contributed by atoms with Crippen LogP contribution in [0.15, 0.2) is 24.3 Å². The second-order valence-corrected chi connectivity index (χ2v) is 11.4. The Labute approximate surface area is 166 Å². The molecule has 0 saturated heterocycles. The van der Waals surface area contributed by atoms with E-state index in [4.69, 9.17) is 0 Å². The Morgan fingerprint density at radius 2 is 1.46 bits per heavy atom. The molecular formula is C22H34SSn. The summed E-state index contributed by atoms with van der Waals surface area (Å²) in [6, 6.07) is 9.37. The van der Waals surface area contributed by atoms with Crippen LogP contribution in [0.25, 0.3) is 10.4 Å². The van der Waals surface area contributed by atoms with Gasteiger partial charge in [-0.3, -0.25) is 0 Å². The van der Waals surface area contributed by atoms with Gasteiger partial charge in [-0.05, 0) is 0 Å². The van der Waals surface area contributed by atoms with E-state index in [1.807, 2.05) is 0 Å². The molecule has 0 unspecified atom stereocenters. The molecule has 0 radical (unpaired) electrons. The Kier molecular flexibility index (Phi) is 8.89. The molecule has 0 saturated carbocycles. The van der Waals surface area contributed by atoms with Gasteiger partial charge in [0.25, 0.3) is 0 Å². The number of hydrogen-bond donors (Lipinski definition) is 0. The zero-order valence-electron chi connectivity index (χ0n) is 16.1. The predicted molar refractivity (Wildman–Crippen MR) is 115 cm³/mol. The number of hydrogen-bond acceptors (Lipinski definition) is 1. The van der Waals surface area contributed by atoms with Gasteiger partial charge in [-0.1, -0.05) is 0 Å². The molecule has 0 fully saturated rings. The maximum absolute atomic E-state index is 2.46. The van der Waals surface area contributed by atoms with Gasteiger partial charge in [0.15, 0.2) is 0 Å². The van der Waals surface area contributed by atoms with Crippen molar-refractivity contribution in [2.45, 2.75) is 78.6 Å². The summed E-state index contributed by atoms with van der Waals surface area (Å²) in [7, 11) is 0. The average Bonchev–Trinajstić information content (AvgIpc) is 2.93. The average molecular weight is 449 g/mol. The van der Waals surface area contributed by atoms with Crippen LogP contribution in [-0.2, 0) is 19.3 Å². The number of thiophene rings is 1. The molecule has 2 aromatic rings. The Hall–Kier alpha value is -0.281. The van der Waals surface area contributed by atoms with E-state index in [-0.39, 0.29) is 0 Å². The molecule has 2 heteroatoms. The maximum atomic E-state index is 2.46. The molecule has 0 N–H and O–H groups in total. The number of unbranched alkanes of at least 4 members (excludes halogenated alkanes) is 3. The van der Waals surface area contributed by atoms with Gasteiger partial charge in [-0.2, -0.15) is 0 Å².